The van der Waals surface area contributed by atoms with Gasteiger partial charge in [-0.1, -0.05) is 64.7 Å². The average molecular weight is 292 g/mol. The van der Waals surface area contributed by atoms with Crippen molar-refractivity contribution in [1.82, 2.24) is 0 Å². The van der Waals surface area contributed by atoms with Gasteiger partial charge in [0.2, 0.25) is 0 Å². The highest BCUT2D eigenvalue weighted by Gasteiger charge is 2.19. The molecule has 0 amide bonds. The third-order valence-electron chi connectivity index (χ3n) is 3.17. The van der Waals surface area contributed by atoms with Crippen molar-refractivity contribution in [3.63, 3.8) is 0 Å². The molecule has 0 saturated heterocycles. The van der Waals surface area contributed by atoms with Gasteiger partial charge < -0.3 is 9.42 Å². The maximum Gasteiger partial charge on any atom is 0.328 e. The van der Waals surface area contributed by atoms with Crippen LogP contribution in [0.15, 0.2) is 0 Å². The van der Waals surface area contributed by atoms with Crippen LogP contribution >= 0.6 is 7.60 Å². The molecule has 0 radical (unpaired) electrons. The molecule has 0 bridgehead atoms. The van der Waals surface area contributed by atoms with E-state index >= 15 is 0 Å². The monoisotopic (exact) mass is 292 g/mol. The minimum absolute atomic E-state index is 0.168. The van der Waals surface area contributed by atoms with Gasteiger partial charge in [-0.25, -0.2) is 0 Å². The zero-order valence-electron chi connectivity index (χ0n) is 13.1. The molecule has 1 atom stereocenters. The summed E-state index contributed by atoms with van der Waals surface area (Å²) < 4.78 is 16.6. The third-order valence-corrected chi connectivity index (χ3v) is 4.80. The van der Waals surface area contributed by atoms with E-state index in [1.165, 1.54) is 51.4 Å². The molecule has 0 spiro atoms. The lowest BCUT2D eigenvalue weighted by Crippen LogP contribution is -2.02. The Balaban J connectivity index is 3.29. The average Bonchev–Trinajstić information content (AvgIpc) is 2.30. The van der Waals surface area contributed by atoms with Crippen LogP contribution in [-0.2, 0) is 9.09 Å². The van der Waals surface area contributed by atoms with Crippen LogP contribution in [0.5, 0.6) is 0 Å². The summed E-state index contributed by atoms with van der Waals surface area (Å²) in [5.41, 5.74) is 0. The normalized spacial score (nSPS) is 14.8. The van der Waals surface area contributed by atoms with E-state index in [2.05, 4.69) is 6.92 Å². The Morgan fingerprint density at radius 2 is 1.32 bits per heavy atom. The topological polar surface area (TPSA) is 46.5 Å². The molecule has 0 heterocycles. The molecule has 0 aliphatic heterocycles. The molecule has 1 N–H and O–H groups in total. The number of hydrogen-bond acceptors (Lipinski definition) is 2. The highest BCUT2D eigenvalue weighted by molar-refractivity contribution is 7.52. The van der Waals surface area contributed by atoms with Gasteiger partial charge in [0.1, 0.15) is 0 Å². The summed E-state index contributed by atoms with van der Waals surface area (Å²) in [6.45, 7) is 5.83. The third kappa shape index (κ3) is 14.4. The zero-order chi connectivity index (χ0) is 14.6. The van der Waals surface area contributed by atoms with Gasteiger partial charge in [-0.05, 0) is 20.3 Å². The Labute approximate surface area is 119 Å². The van der Waals surface area contributed by atoms with Gasteiger partial charge in [-0.2, -0.15) is 0 Å². The lowest BCUT2D eigenvalue weighted by Gasteiger charge is -2.14. The summed E-state index contributed by atoms with van der Waals surface area (Å²) >= 11 is 0. The van der Waals surface area contributed by atoms with Gasteiger partial charge in [0.25, 0.3) is 0 Å². The summed E-state index contributed by atoms with van der Waals surface area (Å²) in [5.74, 6) is 0. The van der Waals surface area contributed by atoms with E-state index in [0.717, 1.165) is 12.8 Å². The molecule has 3 nitrogen and oxygen atoms in total. The summed E-state index contributed by atoms with van der Waals surface area (Å²) in [6, 6.07) is 0. The van der Waals surface area contributed by atoms with Crippen molar-refractivity contribution in [3.05, 3.63) is 0 Å². The van der Waals surface area contributed by atoms with E-state index in [4.69, 9.17) is 4.52 Å². The summed E-state index contributed by atoms with van der Waals surface area (Å²) in [6.07, 6.45) is 12.5. The lowest BCUT2D eigenvalue weighted by molar-refractivity contribution is 0.204. The van der Waals surface area contributed by atoms with Gasteiger partial charge in [-0.15, -0.1) is 0 Å². The van der Waals surface area contributed by atoms with Crippen molar-refractivity contribution in [2.45, 2.75) is 91.1 Å². The Morgan fingerprint density at radius 3 is 1.74 bits per heavy atom. The molecule has 4 heteroatoms. The van der Waals surface area contributed by atoms with Gasteiger partial charge >= 0.3 is 7.60 Å². The molecule has 19 heavy (non-hydrogen) atoms. The molecule has 116 valence electrons. The van der Waals surface area contributed by atoms with Crippen molar-refractivity contribution in [2.24, 2.45) is 0 Å². The van der Waals surface area contributed by atoms with Gasteiger partial charge in [0, 0.05) is 6.16 Å². The van der Waals surface area contributed by atoms with E-state index in [-0.39, 0.29) is 6.10 Å². The van der Waals surface area contributed by atoms with Crippen LogP contribution < -0.4 is 0 Å². The Kier molecular flexibility index (Phi) is 12.0. The standard InChI is InChI=1S/C15H33O3P/c1-4-5-6-7-8-9-10-11-12-13-14-19(16,17)18-15(2)3/h15H,4-14H2,1-3H3,(H,16,17). The van der Waals surface area contributed by atoms with Gasteiger partial charge in [-0.3, -0.25) is 4.57 Å². The van der Waals surface area contributed by atoms with Crippen molar-refractivity contribution in [1.29, 1.82) is 0 Å². The van der Waals surface area contributed by atoms with E-state index in [9.17, 15) is 9.46 Å². The Bertz CT molecular complexity index is 242. The van der Waals surface area contributed by atoms with Crippen LogP contribution in [0.1, 0.15) is 85.0 Å². The van der Waals surface area contributed by atoms with Crippen molar-refractivity contribution in [3.8, 4) is 0 Å². The maximum absolute atomic E-state index is 11.6. The van der Waals surface area contributed by atoms with Crippen LogP contribution in [0.2, 0.25) is 0 Å². The van der Waals surface area contributed by atoms with Gasteiger partial charge in [0.15, 0.2) is 0 Å². The molecule has 1 unspecified atom stereocenters. The second-order valence-corrected chi connectivity index (χ2v) is 7.63. The zero-order valence-corrected chi connectivity index (χ0v) is 14.0. The highest BCUT2D eigenvalue weighted by Crippen LogP contribution is 2.44. The molecule has 0 aromatic carbocycles. The van der Waals surface area contributed by atoms with E-state index in [1.54, 1.807) is 13.8 Å². The van der Waals surface area contributed by atoms with Crippen molar-refractivity contribution < 1.29 is 14.0 Å². The van der Waals surface area contributed by atoms with Crippen molar-refractivity contribution in [2.75, 3.05) is 6.16 Å². The van der Waals surface area contributed by atoms with Crippen LogP contribution in [-0.4, -0.2) is 17.2 Å². The van der Waals surface area contributed by atoms with Crippen LogP contribution in [0, 0.1) is 0 Å². The minimum Gasteiger partial charge on any atom is -0.324 e. The molecule has 0 rings (SSSR count). The van der Waals surface area contributed by atoms with E-state index in [1.807, 2.05) is 0 Å². The molecule has 0 fully saturated rings. The highest BCUT2D eigenvalue weighted by atomic mass is 31.2. The largest absolute Gasteiger partial charge is 0.328 e. The molecule has 0 saturated carbocycles. The predicted molar refractivity (Wildman–Crippen MR) is 82.8 cm³/mol. The van der Waals surface area contributed by atoms with Gasteiger partial charge in [0.05, 0.1) is 6.10 Å². The fraction of sp³-hybridized carbons (Fsp3) is 1.00. The smallest absolute Gasteiger partial charge is 0.324 e. The Morgan fingerprint density at radius 1 is 0.895 bits per heavy atom. The van der Waals surface area contributed by atoms with E-state index in [0.29, 0.717) is 6.16 Å². The first-order valence-electron chi connectivity index (χ1n) is 7.98. The quantitative estimate of drug-likeness (QED) is 0.359. The second-order valence-electron chi connectivity index (χ2n) is 5.70. The molecular formula is C15H33O3P. The maximum atomic E-state index is 11.6. The SMILES string of the molecule is CCCCCCCCCCCCP(=O)(O)OC(C)C. The van der Waals surface area contributed by atoms with Crippen molar-refractivity contribution >= 4 is 7.60 Å². The number of hydrogen-bond donors (Lipinski definition) is 1. The first-order chi connectivity index (χ1) is 8.98. The van der Waals surface area contributed by atoms with Crippen LogP contribution in [0.4, 0.5) is 0 Å². The first-order valence-corrected chi connectivity index (χ1v) is 9.74. The molecule has 0 aromatic rings. The molecule has 0 aliphatic carbocycles. The molecule has 0 aliphatic rings. The fourth-order valence-electron chi connectivity index (χ4n) is 2.18. The molecule has 0 aromatic heterocycles. The first kappa shape index (κ1) is 19.1. The Hall–Kier alpha value is 0.150. The van der Waals surface area contributed by atoms with Crippen LogP contribution in [0.25, 0.3) is 0 Å². The fourth-order valence-corrected chi connectivity index (χ4v) is 3.57. The van der Waals surface area contributed by atoms with E-state index < -0.39 is 7.60 Å². The van der Waals surface area contributed by atoms with Crippen LogP contribution in [0.3, 0.4) is 0 Å². The predicted octanol–water partition coefficient (Wildman–Crippen LogP) is 5.52. The lowest BCUT2D eigenvalue weighted by atomic mass is 10.1. The summed E-state index contributed by atoms with van der Waals surface area (Å²) in [7, 11) is -3.32. The second kappa shape index (κ2) is 11.9. The summed E-state index contributed by atoms with van der Waals surface area (Å²) in [5, 5.41) is 0. The summed E-state index contributed by atoms with van der Waals surface area (Å²) in [4.78, 5) is 9.54. The minimum atomic E-state index is -3.32. The number of rotatable bonds is 13. The molecular weight excluding hydrogens is 259 g/mol. The number of unbranched alkanes of at least 4 members (excludes halogenated alkanes) is 9.